The van der Waals surface area contributed by atoms with Crippen molar-refractivity contribution in [1.29, 1.82) is 0 Å². The second-order valence-corrected chi connectivity index (χ2v) is 6.85. The standard InChI is InChI=1S/C22H26N2O4/c25-21(10-11-22(26)27)18-6-8-20(9-7-18)28-17-16-23-12-14-24(15-13-23)19-4-2-1-3-5-19/h1-9H,10-17H2,(H,26,27). The van der Waals surface area contributed by atoms with Gasteiger partial charge in [-0.15, -0.1) is 0 Å². The molecular weight excluding hydrogens is 356 g/mol. The lowest BCUT2D eigenvalue weighted by atomic mass is 10.1. The van der Waals surface area contributed by atoms with Crippen LogP contribution in [0.1, 0.15) is 23.2 Å². The first-order valence-electron chi connectivity index (χ1n) is 9.62. The molecule has 1 fully saturated rings. The minimum atomic E-state index is -0.960. The third-order valence-electron chi connectivity index (χ3n) is 4.91. The van der Waals surface area contributed by atoms with E-state index in [1.165, 1.54) is 5.69 Å². The van der Waals surface area contributed by atoms with E-state index < -0.39 is 5.97 Å². The van der Waals surface area contributed by atoms with Crippen molar-refractivity contribution in [2.45, 2.75) is 12.8 Å². The second kappa shape index (κ2) is 9.90. The Morgan fingerprint density at radius 2 is 1.57 bits per heavy atom. The van der Waals surface area contributed by atoms with Crippen LogP contribution in [0.25, 0.3) is 0 Å². The SMILES string of the molecule is O=C(O)CCC(=O)c1ccc(OCCN2CCN(c3ccccc3)CC2)cc1. The smallest absolute Gasteiger partial charge is 0.303 e. The number of hydrogen-bond donors (Lipinski definition) is 1. The van der Waals surface area contributed by atoms with Crippen LogP contribution in [0.3, 0.4) is 0 Å². The normalized spacial score (nSPS) is 14.6. The van der Waals surface area contributed by atoms with Gasteiger partial charge in [0.1, 0.15) is 12.4 Å². The van der Waals surface area contributed by atoms with Crippen LogP contribution in [0.5, 0.6) is 5.75 Å². The molecule has 0 aliphatic carbocycles. The number of piperazine rings is 1. The van der Waals surface area contributed by atoms with Gasteiger partial charge in [-0.25, -0.2) is 0 Å². The number of ether oxygens (including phenoxy) is 1. The van der Waals surface area contributed by atoms with Crippen molar-refractivity contribution in [1.82, 2.24) is 4.90 Å². The van der Waals surface area contributed by atoms with Crippen LogP contribution in [0, 0.1) is 0 Å². The van der Waals surface area contributed by atoms with Gasteiger partial charge in [0.05, 0.1) is 6.42 Å². The van der Waals surface area contributed by atoms with Crippen molar-refractivity contribution in [2.24, 2.45) is 0 Å². The lowest BCUT2D eigenvalue weighted by Gasteiger charge is -2.36. The Balaban J connectivity index is 1.37. The van der Waals surface area contributed by atoms with Crippen molar-refractivity contribution in [3.05, 3.63) is 60.2 Å². The molecule has 2 aromatic rings. The fraction of sp³-hybridized carbons (Fsp3) is 0.364. The maximum Gasteiger partial charge on any atom is 0.303 e. The zero-order valence-electron chi connectivity index (χ0n) is 15.9. The molecule has 1 heterocycles. The Morgan fingerprint density at radius 1 is 0.893 bits per heavy atom. The summed E-state index contributed by atoms with van der Waals surface area (Å²) in [5, 5.41) is 8.65. The van der Waals surface area contributed by atoms with Gasteiger partial charge in [-0.05, 0) is 36.4 Å². The van der Waals surface area contributed by atoms with Crippen LogP contribution in [0.4, 0.5) is 5.69 Å². The molecule has 0 unspecified atom stereocenters. The van der Waals surface area contributed by atoms with Crippen LogP contribution >= 0.6 is 0 Å². The first kappa shape index (κ1) is 19.9. The average molecular weight is 382 g/mol. The Bertz CT molecular complexity index is 769. The molecule has 28 heavy (non-hydrogen) atoms. The van der Waals surface area contributed by atoms with Gasteiger partial charge >= 0.3 is 5.97 Å². The molecule has 148 valence electrons. The van der Waals surface area contributed by atoms with E-state index in [9.17, 15) is 9.59 Å². The highest BCUT2D eigenvalue weighted by Gasteiger charge is 2.16. The van der Waals surface area contributed by atoms with Gasteiger partial charge in [-0.3, -0.25) is 14.5 Å². The summed E-state index contributed by atoms with van der Waals surface area (Å²) in [6.45, 7) is 5.50. The van der Waals surface area contributed by atoms with Gasteiger partial charge in [0, 0.05) is 50.4 Å². The molecule has 0 bridgehead atoms. The van der Waals surface area contributed by atoms with Gasteiger partial charge in [0.15, 0.2) is 5.78 Å². The van der Waals surface area contributed by atoms with E-state index in [0.717, 1.165) is 38.5 Å². The van der Waals surface area contributed by atoms with Crippen molar-refractivity contribution < 1.29 is 19.4 Å². The third kappa shape index (κ3) is 5.82. The molecule has 6 heteroatoms. The van der Waals surface area contributed by atoms with E-state index in [0.29, 0.717) is 12.2 Å². The number of ketones is 1. The summed E-state index contributed by atoms with van der Waals surface area (Å²) >= 11 is 0. The molecule has 0 aromatic heterocycles. The summed E-state index contributed by atoms with van der Waals surface area (Å²) in [6, 6.07) is 17.4. The number of carboxylic acids is 1. The maximum absolute atomic E-state index is 11.9. The van der Waals surface area contributed by atoms with Gasteiger partial charge in [0.2, 0.25) is 0 Å². The number of carbonyl (C=O) groups is 2. The summed E-state index contributed by atoms with van der Waals surface area (Å²) in [7, 11) is 0. The van der Waals surface area contributed by atoms with Gasteiger partial charge in [0.25, 0.3) is 0 Å². The molecule has 3 rings (SSSR count). The van der Waals surface area contributed by atoms with Crippen LogP contribution < -0.4 is 9.64 Å². The Hall–Kier alpha value is -2.86. The lowest BCUT2D eigenvalue weighted by Crippen LogP contribution is -2.47. The molecule has 1 aliphatic rings. The lowest BCUT2D eigenvalue weighted by molar-refractivity contribution is -0.136. The summed E-state index contributed by atoms with van der Waals surface area (Å²) in [4.78, 5) is 27.2. The topological polar surface area (TPSA) is 70.1 Å². The minimum Gasteiger partial charge on any atom is -0.492 e. The van der Waals surface area contributed by atoms with E-state index in [1.807, 2.05) is 6.07 Å². The number of anilines is 1. The molecular formula is C22H26N2O4. The molecule has 0 radical (unpaired) electrons. The van der Waals surface area contributed by atoms with Crippen molar-refractivity contribution in [2.75, 3.05) is 44.2 Å². The van der Waals surface area contributed by atoms with E-state index in [2.05, 4.69) is 34.1 Å². The number of carboxylic acid groups (broad SMARTS) is 1. The predicted molar refractivity (Wildman–Crippen MR) is 108 cm³/mol. The number of rotatable bonds is 9. The fourth-order valence-electron chi connectivity index (χ4n) is 3.26. The highest BCUT2D eigenvalue weighted by Crippen LogP contribution is 2.16. The third-order valence-corrected chi connectivity index (χ3v) is 4.91. The molecule has 0 saturated carbocycles. The van der Waals surface area contributed by atoms with Crippen LogP contribution in [0.2, 0.25) is 0 Å². The molecule has 1 N–H and O–H groups in total. The molecule has 2 aromatic carbocycles. The van der Waals surface area contributed by atoms with Gasteiger partial charge in [-0.2, -0.15) is 0 Å². The van der Waals surface area contributed by atoms with E-state index >= 15 is 0 Å². The van der Waals surface area contributed by atoms with Crippen LogP contribution in [-0.2, 0) is 4.79 Å². The summed E-state index contributed by atoms with van der Waals surface area (Å²) in [6.07, 6.45) is -0.126. The molecule has 0 spiro atoms. The fourth-order valence-corrected chi connectivity index (χ4v) is 3.26. The van der Waals surface area contributed by atoms with Crippen molar-refractivity contribution >= 4 is 17.4 Å². The Labute approximate surface area is 165 Å². The maximum atomic E-state index is 11.9. The monoisotopic (exact) mass is 382 g/mol. The number of nitrogens with zero attached hydrogens (tertiary/aromatic N) is 2. The van der Waals surface area contributed by atoms with Crippen molar-refractivity contribution in [3.63, 3.8) is 0 Å². The second-order valence-electron chi connectivity index (χ2n) is 6.85. The summed E-state index contributed by atoms with van der Waals surface area (Å²) < 4.78 is 5.79. The first-order chi connectivity index (χ1) is 13.6. The Morgan fingerprint density at radius 3 is 2.21 bits per heavy atom. The largest absolute Gasteiger partial charge is 0.492 e. The minimum absolute atomic E-state index is 0.0183. The molecule has 1 saturated heterocycles. The van der Waals surface area contributed by atoms with Gasteiger partial charge in [-0.1, -0.05) is 18.2 Å². The predicted octanol–water partition coefficient (Wildman–Crippen LogP) is 2.94. The molecule has 0 atom stereocenters. The highest BCUT2D eigenvalue weighted by molar-refractivity contribution is 5.97. The van der Waals surface area contributed by atoms with E-state index in [-0.39, 0.29) is 18.6 Å². The summed E-state index contributed by atoms with van der Waals surface area (Å²) in [5.74, 6) is -0.402. The quantitative estimate of drug-likeness (QED) is 0.673. The number of carbonyl (C=O) groups excluding carboxylic acids is 1. The van der Waals surface area contributed by atoms with E-state index in [1.54, 1.807) is 24.3 Å². The number of hydrogen-bond acceptors (Lipinski definition) is 5. The van der Waals surface area contributed by atoms with Crippen molar-refractivity contribution in [3.8, 4) is 5.75 Å². The number of benzene rings is 2. The number of para-hydroxylation sites is 1. The van der Waals surface area contributed by atoms with Crippen LogP contribution in [0.15, 0.2) is 54.6 Å². The molecule has 6 nitrogen and oxygen atoms in total. The summed E-state index contributed by atoms with van der Waals surface area (Å²) in [5.41, 5.74) is 1.79. The van der Waals surface area contributed by atoms with Crippen LogP contribution in [-0.4, -0.2) is 61.1 Å². The zero-order chi connectivity index (χ0) is 19.8. The van der Waals surface area contributed by atoms with E-state index in [4.69, 9.17) is 9.84 Å². The zero-order valence-corrected chi connectivity index (χ0v) is 15.9. The molecule has 1 aliphatic heterocycles. The van der Waals surface area contributed by atoms with Gasteiger partial charge < -0.3 is 14.7 Å². The Kier molecular flexibility index (Phi) is 7.03. The first-order valence-corrected chi connectivity index (χ1v) is 9.62. The number of Topliss-reactive ketones (excluding diaryl/α,β-unsaturated/α-hetero) is 1. The number of aliphatic carboxylic acids is 1. The highest BCUT2D eigenvalue weighted by atomic mass is 16.5. The average Bonchev–Trinajstić information content (AvgIpc) is 2.73. The molecule has 0 amide bonds.